The molecule has 0 saturated heterocycles. The van der Waals surface area contributed by atoms with Gasteiger partial charge in [0.05, 0.1) is 0 Å². The van der Waals surface area contributed by atoms with E-state index >= 15 is 0 Å². The molecule has 3 heteroatoms. The van der Waals surface area contributed by atoms with Crippen LogP contribution in [0.5, 0.6) is 0 Å². The third kappa shape index (κ3) is 2.68. The second-order valence-corrected chi connectivity index (χ2v) is 3.00. The van der Waals surface area contributed by atoms with Crippen molar-refractivity contribution in [2.45, 2.75) is 19.8 Å². The van der Waals surface area contributed by atoms with E-state index in [0.29, 0.717) is 0 Å². The van der Waals surface area contributed by atoms with E-state index < -0.39 is 5.92 Å². The van der Waals surface area contributed by atoms with Crippen molar-refractivity contribution < 1.29 is 8.78 Å². The summed E-state index contributed by atoms with van der Waals surface area (Å²) in [5.74, 6) is -2.76. The minimum absolute atomic E-state index is 0.0472. The zero-order chi connectivity index (χ0) is 9.90. The first-order valence-corrected chi connectivity index (χ1v) is 4.26. The predicted molar refractivity (Wildman–Crippen MR) is 50.2 cm³/mol. The molecule has 0 radical (unpaired) electrons. The van der Waals surface area contributed by atoms with Crippen LogP contribution in [0, 0.1) is 0 Å². The molecule has 13 heavy (non-hydrogen) atoms. The number of hydrogen-bond acceptors (Lipinski definition) is 1. The van der Waals surface area contributed by atoms with Crippen molar-refractivity contribution in [3.63, 3.8) is 0 Å². The molecule has 0 amide bonds. The molecule has 0 aliphatic heterocycles. The van der Waals surface area contributed by atoms with Crippen LogP contribution >= 0.6 is 0 Å². The Bertz CT molecular complexity index is 278. The van der Waals surface area contributed by atoms with Crippen molar-refractivity contribution in [2.75, 3.05) is 11.9 Å². The molecule has 72 valence electrons. The van der Waals surface area contributed by atoms with Crippen LogP contribution in [0.25, 0.3) is 0 Å². The van der Waals surface area contributed by atoms with E-state index in [0.717, 1.165) is 19.2 Å². The minimum Gasteiger partial charge on any atom is -0.385 e. The Morgan fingerprint density at radius 3 is 2.62 bits per heavy atom. The molecular formula is C10H13F2N. The average Bonchev–Trinajstić information content (AvgIpc) is 2.04. The van der Waals surface area contributed by atoms with E-state index in [9.17, 15) is 8.78 Å². The summed E-state index contributed by atoms with van der Waals surface area (Å²) >= 11 is 0. The highest BCUT2D eigenvalue weighted by molar-refractivity contribution is 5.46. The Morgan fingerprint density at radius 2 is 2.08 bits per heavy atom. The summed E-state index contributed by atoms with van der Waals surface area (Å²) in [6.45, 7) is 3.56. The highest BCUT2D eigenvalue weighted by Crippen LogP contribution is 2.28. The van der Waals surface area contributed by atoms with Crippen molar-refractivity contribution in [3.05, 3.63) is 29.8 Å². The van der Waals surface area contributed by atoms with Crippen LogP contribution < -0.4 is 5.32 Å². The monoisotopic (exact) mass is 185 g/mol. The molecule has 1 nitrogen and oxygen atoms in total. The Morgan fingerprint density at radius 1 is 1.38 bits per heavy atom. The lowest BCUT2D eigenvalue weighted by atomic mass is 10.1. The van der Waals surface area contributed by atoms with Crippen LogP contribution in [0.3, 0.4) is 0 Å². The first kappa shape index (κ1) is 9.96. The first-order chi connectivity index (χ1) is 6.04. The number of alkyl halides is 2. The van der Waals surface area contributed by atoms with Crippen molar-refractivity contribution in [1.29, 1.82) is 0 Å². The Hall–Kier alpha value is -1.12. The van der Waals surface area contributed by atoms with E-state index in [4.69, 9.17) is 0 Å². The molecule has 0 aliphatic carbocycles. The molecule has 0 saturated carbocycles. The molecule has 0 bridgehead atoms. The van der Waals surface area contributed by atoms with Gasteiger partial charge in [0.25, 0.3) is 5.92 Å². The normalized spacial score (nSPS) is 11.4. The molecule has 0 fully saturated rings. The molecule has 0 aliphatic rings. The van der Waals surface area contributed by atoms with Gasteiger partial charge in [0, 0.05) is 24.7 Å². The lowest BCUT2D eigenvalue weighted by molar-refractivity contribution is 0.0175. The number of rotatable bonds is 3. The quantitative estimate of drug-likeness (QED) is 0.762. The number of anilines is 1. The molecule has 0 heterocycles. The maximum atomic E-state index is 12.8. The van der Waals surface area contributed by atoms with E-state index in [1.54, 1.807) is 12.1 Å². The smallest absolute Gasteiger partial charge is 0.270 e. The molecule has 1 rings (SSSR count). The summed E-state index contributed by atoms with van der Waals surface area (Å²) < 4.78 is 25.7. The third-order valence-electron chi connectivity index (χ3n) is 1.75. The molecule has 0 atom stereocenters. The first-order valence-electron chi connectivity index (χ1n) is 4.26. The van der Waals surface area contributed by atoms with Crippen molar-refractivity contribution in [3.8, 4) is 0 Å². The van der Waals surface area contributed by atoms with Crippen LogP contribution in [0.1, 0.15) is 19.4 Å². The van der Waals surface area contributed by atoms with Gasteiger partial charge in [0.15, 0.2) is 0 Å². The second-order valence-electron chi connectivity index (χ2n) is 3.00. The van der Waals surface area contributed by atoms with Gasteiger partial charge in [0.1, 0.15) is 0 Å². The molecular weight excluding hydrogens is 172 g/mol. The molecule has 1 aromatic carbocycles. The lowest BCUT2D eigenvalue weighted by Gasteiger charge is -2.12. The van der Waals surface area contributed by atoms with E-state index in [1.807, 2.05) is 6.92 Å². The molecule has 1 aromatic rings. The second kappa shape index (κ2) is 3.73. The van der Waals surface area contributed by atoms with Gasteiger partial charge in [-0.1, -0.05) is 12.1 Å². The number of halogens is 2. The zero-order valence-corrected chi connectivity index (χ0v) is 7.77. The molecule has 0 unspecified atom stereocenters. The van der Waals surface area contributed by atoms with Crippen LogP contribution in [0.15, 0.2) is 24.3 Å². The van der Waals surface area contributed by atoms with Crippen LogP contribution in [-0.2, 0) is 5.92 Å². The topological polar surface area (TPSA) is 12.0 Å². The summed E-state index contributed by atoms with van der Waals surface area (Å²) in [6, 6.07) is 6.31. The van der Waals surface area contributed by atoms with Gasteiger partial charge in [-0.3, -0.25) is 0 Å². The fraction of sp³-hybridized carbons (Fsp3) is 0.400. The van der Waals surface area contributed by atoms with Crippen molar-refractivity contribution >= 4 is 5.69 Å². The highest BCUT2D eigenvalue weighted by Gasteiger charge is 2.23. The van der Waals surface area contributed by atoms with Gasteiger partial charge in [-0.05, 0) is 19.1 Å². The molecule has 0 spiro atoms. The van der Waals surface area contributed by atoms with E-state index in [1.165, 1.54) is 12.1 Å². The van der Waals surface area contributed by atoms with Gasteiger partial charge in [-0.25, -0.2) is 8.78 Å². The number of nitrogens with one attached hydrogen (secondary N) is 1. The summed E-state index contributed by atoms with van der Waals surface area (Å²) in [6.07, 6.45) is 0. The maximum Gasteiger partial charge on any atom is 0.270 e. The Kier molecular flexibility index (Phi) is 2.86. The maximum absolute atomic E-state index is 12.8. The average molecular weight is 185 g/mol. The van der Waals surface area contributed by atoms with Crippen LogP contribution in [0.4, 0.5) is 14.5 Å². The number of hydrogen-bond donors (Lipinski definition) is 1. The van der Waals surface area contributed by atoms with Crippen molar-refractivity contribution in [1.82, 2.24) is 0 Å². The van der Waals surface area contributed by atoms with Gasteiger partial charge in [0.2, 0.25) is 0 Å². The van der Waals surface area contributed by atoms with Gasteiger partial charge in [-0.15, -0.1) is 0 Å². The van der Waals surface area contributed by atoms with Gasteiger partial charge in [-0.2, -0.15) is 0 Å². The fourth-order valence-corrected chi connectivity index (χ4v) is 1.11. The molecule has 0 aromatic heterocycles. The van der Waals surface area contributed by atoms with Crippen LogP contribution in [0.2, 0.25) is 0 Å². The molecule has 1 N–H and O–H groups in total. The van der Waals surface area contributed by atoms with E-state index in [2.05, 4.69) is 5.32 Å². The Balaban J connectivity index is 2.92. The lowest BCUT2D eigenvalue weighted by Crippen LogP contribution is -2.07. The van der Waals surface area contributed by atoms with Gasteiger partial charge < -0.3 is 5.32 Å². The zero-order valence-electron chi connectivity index (χ0n) is 7.77. The fourth-order valence-electron chi connectivity index (χ4n) is 1.11. The minimum atomic E-state index is -2.76. The van der Waals surface area contributed by atoms with E-state index in [-0.39, 0.29) is 5.56 Å². The summed E-state index contributed by atoms with van der Waals surface area (Å²) in [4.78, 5) is 0. The van der Waals surface area contributed by atoms with Gasteiger partial charge >= 0.3 is 0 Å². The summed E-state index contributed by atoms with van der Waals surface area (Å²) in [5.41, 5.74) is 0.785. The standard InChI is InChI=1S/C10H13F2N/c1-3-13-9-6-4-5-8(7-9)10(2,11)12/h4-7,13H,3H2,1-2H3. The largest absolute Gasteiger partial charge is 0.385 e. The summed E-state index contributed by atoms with van der Waals surface area (Å²) in [5, 5.41) is 2.99. The third-order valence-corrected chi connectivity index (χ3v) is 1.75. The predicted octanol–water partition coefficient (Wildman–Crippen LogP) is 3.23. The Labute approximate surface area is 76.8 Å². The number of benzene rings is 1. The highest BCUT2D eigenvalue weighted by atomic mass is 19.3. The van der Waals surface area contributed by atoms with Crippen molar-refractivity contribution in [2.24, 2.45) is 0 Å². The summed E-state index contributed by atoms with van der Waals surface area (Å²) in [7, 11) is 0. The SMILES string of the molecule is CCNc1cccc(C(C)(F)F)c1. The van der Waals surface area contributed by atoms with Crippen LogP contribution in [-0.4, -0.2) is 6.54 Å².